The van der Waals surface area contributed by atoms with Gasteiger partial charge in [0.15, 0.2) is 5.75 Å². The molecule has 0 aliphatic carbocycles. The molecule has 0 amide bonds. The maximum Gasteiger partial charge on any atom is 0.219 e. The molecule has 0 fully saturated rings. The summed E-state index contributed by atoms with van der Waals surface area (Å²) < 4.78 is 25.9. The van der Waals surface area contributed by atoms with Crippen molar-refractivity contribution in [2.24, 2.45) is 0 Å². The van der Waals surface area contributed by atoms with Crippen molar-refractivity contribution in [3.8, 4) is 28.7 Å². The second-order valence-corrected chi connectivity index (χ2v) is 6.06. The number of furan rings is 1. The number of aromatic nitrogens is 4. The summed E-state index contributed by atoms with van der Waals surface area (Å²) in [4.78, 5) is 13.3. The van der Waals surface area contributed by atoms with Gasteiger partial charge in [-0.05, 0) is 36.4 Å². The molecule has 0 atom stereocenters. The number of imidazole rings is 1. The Labute approximate surface area is 158 Å². The minimum atomic E-state index is -0.296. The van der Waals surface area contributed by atoms with Crippen LogP contribution in [0.3, 0.4) is 0 Å². The van der Waals surface area contributed by atoms with Crippen molar-refractivity contribution in [2.75, 3.05) is 0 Å². The van der Waals surface area contributed by atoms with Crippen molar-refractivity contribution in [2.45, 2.75) is 0 Å². The number of hydrogen-bond acceptors (Lipinski definition) is 5. The van der Waals surface area contributed by atoms with Gasteiger partial charge in [-0.25, -0.2) is 14.4 Å². The Morgan fingerprint density at radius 1 is 0.964 bits per heavy atom. The summed E-state index contributed by atoms with van der Waals surface area (Å²) in [5, 5.41) is 0. The first-order valence-electron chi connectivity index (χ1n) is 8.53. The van der Waals surface area contributed by atoms with Crippen LogP contribution in [0.4, 0.5) is 4.39 Å². The van der Waals surface area contributed by atoms with E-state index in [1.807, 2.05) is 16.7 Å². The average molecular weight is 372 g/mol. The van der Waals surface area contributed by atoms with E-state index in [2.05, 4.69) is 9.97 Å². The molecule has 4 heterocycles. The third-order valence-electron chi connectivity index (χ3n) is 4.25. The Balaban J connectivity index is 1.60. The van der Waals surface area contributed by atoms with Crippen molar-refractivity contribution < 1.29 is 13.5 Å². The molecule has 0 unspecified atom stereocenters. The van der Waals surface area contributed by atoms with Crippen molar-refractivity contribution in [1.29, 1.82) is 0 Å². The predicted molar refractivity (Wildman–Crippen MR) is 101 cm³/mol. The van der Waals surface area contributed by atoms with Crippen molar-refractivity contribution >= 4 is 11.0 Å². The molecule has 28 heavy (non-hydrogen) atoms. The van der Waals surface area contributed by atoms with Crippen LogP contribution < -0.4 is 4.74 Å². The van der Waals surface area contributed by atoms with E-state index in [1.54, 1.807) is 42.9 Å². The fourth-order valence-corrected chi connectivity index (χ4v) is 2.97. The highest BCUT2D eigenvalue weighted by atomic mass is 19.1. The van der Waals surface area contributed by atoms with Gasteiger partial charge in [0.25, 0.3) is 0 Å². The van der Waals surface area contributed by atoms with E-state index < -0.39 is 0 Å². The molecule has 5 aromatic rings. The Morgan fingerprint density at radius 2 is 1.86 bits per heavy atom. The largest absolute Gasteiger partial charge is 0.469 e. The first-order valence-corrected chi connectivity index (χ1v) is 8.53. The SMILES string of the molecule is Fc1ccc(-n2c(-c3ccc(Oc4ccoc4)nc3)nc3ccncc32)cc1. The van der Waals surface area contributed by atoms with Gasteiger partial charge in [-0.1, -0.05) is 0 Å². The van der Waals surface area contributed by atoms with Crippen molar-refractivity contribution in [3.05, 3.63) is 85.5 Å². The minimum absolute atomic E-state index is 0.296. The van der Waals surface area contributed by atoms with E-state index >= 15 is 0 Å². The number of halogens is 1. The third kappa shape index (κ3) is 2.88. The Kier molecular flexibility index (Phi) is 3.83. The van der Waals surface area contributed by atoms with E-state index in [0.29, 0.717) is 17.5 Å². The number of nitrogens with zero attached hydrogens (tertiary/aromatic N) is 4. The van der Waals surface area contributed by atoms with Crippen LogP contribution in [0.1, 0.15) is 0 Å². The van der Waals surface area contributed by atoms with E-state index in [-0.39, 0.29) is 5.82 Å². The molecular formula is C21H13FN4O2. The van der Waals surface area contributed by atoms with E-state index in [4.69, 9.17) is 14.1 Å². The third-order valence-corrected chi connectivity index (χ3v) is 4.25. The molecular weight excluding hydrogens is 359 g/mol. The molecule has 0 N–H and O–H groups in total. The summed E-state index contributed by atoms with van der Waals surface area (Å²) in [5.41, 5.74) is 3.18. The molecule has 0 spiro atoms. The molecule has 0 aliphatic heterocycles. The fraction of sp³-hybridized carbons (Fsp3) is 0. The normalized spacial score (nSPS) is 11.0. The number of fused-ring (bicyclic) bond motifs is 1. The van der Waals surface area contributed by atoms with Gasteiger partial charge in [0, 0.05) is 35.8 Å². The van der Waals surface area contributed by atoms with Crippen LogP contribution in [0, 0.1) is 5.82 Å². The second kappa shape index (κ2) is 6.62. The van der Waals surface area contributed by atoms with Crippen LogP contribution in [0.5, 0.6) is 11.6 Å². The lowest BCUT2D eigenvalue weighted by Crippen LogP contribution is -1.98. The van der Waals surface area contributed by atoms with Crippen LogP contribution in [0.25, 0.3) is 28.1 Å². The van der Waals surface area contributed by atoms with Crippen LogP contribution in [0.15, 0.2) is 84.1 Å². The lowest BCUT2D eigenvalue weighted by molar-refractivity contribution is 0.450. The summed E-state index contributed by atoms with van der Waals surface area (Å²) in [6.45, 7) is 0. The van der Waals surface area contributed by atoms with Gasteiger partial charge >= 0.3 is 0 Å². The van der Waals surface area contributed by atoms with Gasteiger partial charge < -0.3 is 9.15 Å². The molecule has 0 aliphatic rings. The summed E-state index contributed by atoms with van der Waals surface area (Å²) in [6.07, 6.45) is 8.14. The predicted octanol–water partition coefficient (Wildman–Crippen LogP) is 5.01. The maximum absolute atomic E-state index is 13.4. The fourth-order valence-electron chi connectivity index (χ4n) is 2.97. The monoisotopic (exact) mass is 372 g/mol. The number of ether oxygens (including phenoxy) is 1. The molecule has 0 saturated heterocycles. The quantitative estimate of drug-likeness (QED) is 0.444. The van der Waals surface area contributed by atoms with Gasteiger partial charge in [-0.2, -0.15) is 0 Å². The van der Waals surface area contributed by atoms with Crippen LogP contribution >= 0.6 is 0 Å². The van der Waals surface area contributed by atoms with E-state index in [1.165, 1.54) is 24.7 Å². The van der Waals surface area contributed by atoms with E-state index in [0.717, 1.165) is 22.3 Å². The topological polar surface area (TPSA) is 66.0 Å². The summed E-state index contributed by atoms with van der Waals surface area (Å²) in [6, 6.07) is 13.4. The molecule has 6 nitrogen and oxygen atoms in total. The number of pyridine rings is 2. The number of benzene rings is 1. The maximum atomic E-state index is 13.4. The Morgan fingerprint density at radius 3 is 2.61 bits per heavy atom. The zero-order chi connectivity index (χ0) is 18.9. The zero-order valence-corrected chi connectivity index (χ0v) is 14.5. The molecule has 136 valence electrons. The highest BCUT2D eigenvalue weighted by Crippen LogP contribution is 2.29. The Hall–Kier alpha value is -4.00. The first kappa shape index (κ1) is 16.2. The lowest BCUT2D eigenvalue weighted by Gasteiger charge is -2.09. The molecule has 1 aromatic carbocycles. The zero-order valence-electron chi connectivity index (χ0n) is 14.5. The highest BCUT2D eigenvalue weighted by Gasteiger charge is 2.15. The average Bonchev–Trinajstić information content (AvgIpc) is 3.37. The van der Waals surface area contributed by atoms with Gasteiger partial charge in [-0.3, -0.25) is 9.55 Å². The summed E-state index contributed by atoms with van der Waals surface area (Å²) >= 11 is 0. The standard InChI is InChI=1S/C21H13FN4O2/c22-15-2-4-16(5-3-15)26-19-12-23-9-7-18(19)25-21(26)14-1-6-20(24-11-14)28-17-8-10-27-13-17/h1-13H. The molecule has 4 aromatic heterocycles. The minimum Gasteiger partial charge on any atom is -0.469 e. The van der Waals surface area contributed by atoms with Gasteiger partial charge in [0.1, 0.15) is 17.9 Å². The van der Waals surface area contributed by atoms with Gasteiger partial charge in [0.05, 0.1) is 23.5 Å². The molecule has 5 rings (SSSR count). The molecule has 0 saturated carbocycles. The lowest BCUT2D eigenvalue weighted by atomic mass is 10.2. The Bertz CT molecular complexity index is 1230. The summed E-state index contributed by atoms with van der Waals surface area (Å²) in [5.74, 6) is 1.40. The molecule has 0 bridgehead atoms. The highest BCUT2D eigenvalue weighted by molar-refractivity contribution is 5.82. The second-order valence-electron chi connectivity index (χ2n) is 6.06. The van der Waals surface area contributed by atoms with Crippen LogP contribution in [-0.4, -0.2) is 19.5 Å². The smallest absolute Gasteiger partial charge is 0.219 e. The van der Waals surface area contributed by atoms with E-state index in [9.17, 15) is 4.39 Å². The summed E-state index contributed by atoms with van der Waals surface area (Å²) in [7, 11) is 0. The first-order chi connectivity index (χ1) is 13.8. The number of rotatable bonds is 4. The van der Waals surface area contributed by atoms with Gasteiger partial charge in [-0.15, -0.1) is 0 Å². The number of hydrogen-bond donors (Lipinski definition) is 0. The van der Waals surface area contributed by atoms with Crippen LogP contribution in [-0.2, 0) is 0 Å². The van der Waals surface area contributed by atoms with Crippen LogP contribution in [0.2, 0.25) is 0 Å². The van der Waals surface area contributed by atoms with Gasteiger partial charge in [0.2, 0.25) is 5.88 Å². The molecule has 0 radical (unpaired) electrons. The van der Waals surface area contributed by atoms with Crippen molar-refractivity contribution in [1.82, 2.24) is 19.5 Å². The molecule has 7 heteroatoms. The van der Waals surface area contributed by atoms with Crippen molar-refractivity contribution in [3.63, 3.8) is 0 Å².